The number of nitrogens with zero attached hydrogens (tertiary/aromatic N) is 2. The third-order valence-electron chi connectivity index (χ3n) is 4.70. The lowest BCUT2D eigenvalue weighted by molar-refractivity contribution is -0.144. The molecule has 2 unspecified atom stereocenters. The average Bonchev–Trinajstić information content (AvgIpc) is 2.89. The first-order valence-corrected chi connectivity index (χ1v) is 7.99. The molecule has 2 fully saturated rings. The second kappa shape index (κ2) is 6.60. The molecular formula is C17H20N2O5. The van der Waals surface area contributed by atoms with Gasteiger partial charge >= 0.3 is 5.97 Å². The summed E-state index contributed by atoms with van der Waals surface area (Å²) in [6.07, 6.45) is 1.43. The van der Waals surface area contributed by atoms with Crippen LogP contribution < -0.4 is 9.64 Å². The molecule has 0 saturated carbocycles. The first-order valence-electron chi connectivity index (χ1n) is 7.99. The van der Waals surface area contributed by atoms with Crippen molar-refractivity contribution in [3.63, 3.8) is 0 Å². The Morgan fingerprint density at radius 1 is 1.25 bits per heavy atom. The van der Waals surface area contributed by atoms with Crippen LogP contribution in [0.1, 0.15) is 19.3 Å². The number of piperidine rings is 1. The number of rotatable bonds is 4. The minimum Gasteiger partial charge on any atom is -0.497 e. The molecule has 24 heavy (non-hydrogen) atoms. The number of imide groups is 1. The van der Waals surface area contributed by atoms with Crippen LogP contribution in [0.4, 0.5) is 5.69 Å². The smallest absolute Gasteiger partial charge is 0.307 e. The Bertz CT molecular complexity index is 657. The molecule has 3 rings (SSSR count). The summed E-state index contributed by atoms with van der Waals surface area (Å²) in [7, 11) is 1.55. The highest BCUT2D eigenvalue weighted by molar-refractivity contribution is 6.22. The molecule has 0 aliphatic carbocycles. The van der Waals surface area contributed by atoms with Crippen LogP contribution in [0, 0.1) is 5.92 Å². The monoisotopic (exact) mass is 332 g/mol. The molecule has 2 aliphatic rings. The molecule has 2 aliphatic heterocycles. The van der Waals surface area contributed by atoms with Crippen LogP contribution in [0.3, 0.4) is 0 Å². The van der Waals surface area contributed by atoms with E-state index in [1.54, 1.807) is 31.4 Å². The van der Waals surface area contributed by atoms with Crippen LogP contribution in [0.2, 0.25) is 0 Å². The number of benzene rings is 1. The van der Waals surface area contributed by atoms with Crippen LogP contribution in [0.15, 0.2) is 24.3 Å². The second-order valence-corrected chi connectivity index (χ2v) is 6.16. The van der Waals surface area contributed by atoms with E-state index in [-0.39, 0.29) is 18.2 Å². The van der Waals surface area contributed by atoms with Crippen LogP contribution in [0.5, 0.6) is 5.75 Å². The molecule has 2 amide bonds. The van der Waals surface area contributed by atoms with Gasteiger partial charge < -0.3 is 9.84 Å². The van der Waals surface area contributed by atoms with Crippen molar-refractivity contribution in [3.8, 4) is 5.75 Å². The summed E-state index contributed by atoms with van der Waals surface area (Å²) in [6, 6.07) is 6.18. The summed E-state index contributed by atoms with van der Waals surface area (Å²) in [5, 5.41) is 9.20. The van der Waals surface area contributed by atoms with Crippen LogP contribution >= 0.6 is 0 Å². The van der Waals surface area contributed by atoms with E-state index in [0.29, 0.717) is 30.9 Å². The minimum atomic E-state index is -0.844. The number of hydrogen-bond donors (Lipinski definition) is 1. The van der Waals surface area contributed by atoms with Gasteiger partial charge in [-0.15, -0.1) is 0 Å². The number of aliphatic carboxylic acids is 1. The quantitative estimate of drug-likeness (QED) is 0.832. The molecule has 1 aromatic carbocycles. The predicted molar refractivity (Wildman–Crippen MR) is 85.8 cm³/mol. The highest BCUT2D eigenvalue weighted by Gasteiger charge is 2.44. The van der Waals surface area contributed by atoms with Gasteiger partial charge in [0.25, 0.3) is 5.91 Å². The lowest BCUT2D eigenvalue weighted by atomic mass is 9.96. The number of hydrogen-bond acceptors (Lipinski definition) is 5. The van der Waals surface area contributed by atoms with E-state index in [2.05, 4.69) is 0 Å². The molecule has 1 aromatic rings. The van der Waals surface area contributed by atoms with Crippen molar-refractivity contribution < 1.29 is 24.2 Å². The average molecular weight is 332 g/mol. The Morgan fingerprint density at radius 2 is 1.96 bits per heavy atom. The van der Waals surface area contributed by atoms with Crippen molar-refractivity contribution in [1.82, 2.24) is 4.90 Å². The summed E-state index contributed by atoms with van der Waals surface area (Å²) >= 11 is 0. The number of amides is 2. The highest BCUT2D eigenvalue weighted by Crippen LogP contribution is 2.29. The van der Waals surface area contributed by atoms with Crippen molar-refractivity contribution >= 4 is 23.5 Å². The Kier molecular flexibility index (Phi) is 4.53. The number of carboxylic acid groups (broad SMARTS) is 1. The number of carboxylic acids is 1. The molecule has 0 bridgehead atoms. The first-order chi connectivity index (χ1) is 11.5. The normalized spacial score (nSPS) is 25.1. The largest absolute Gasteiger partial charge is 0.497 e. The Labute approximate surface area is 139 Å². The van der Waals surface area contributed by atoms with Gasteiger partial charge in [0.15, 0.2) is 0 Å². The molecule has 7 nitrogen and oxygen atoms in total. The maximum absolute atomic E-state index is 12.7. The zero-order chi connectivity index (χ0) is 17.3. The van der Waals surface area contributed by atoms with E-state index < -0.39 is 17.9 Å². The number of ether oxygens (including phenoxy) is 1. The maximum atomic E-state index is 12.7. The predicted octanol–water partition coefficient (Wildman–Crippen LogP) is 1.12. The zero-order valence-electron chi connectivity index (χ0n) is 13.5. The van der Waals surface area contributed by atoms with E-state index in [0.717, 1.165) is 6.42 Å². The van der Waals surface area contributed by atoms with Crippen molar-refractivity contribution in [2.75, 3.05) is 25.1 Å². The third kappa shape index (κ3) is 2.99. The fourth-order valence-electron chi connectivity index (χ4n) is 3.39. The number of carbonyl (C=O) groups excluding carboxylic acids is 2. The number of anilines is 1. The van der Waals surface area contributed by atoms with Gasteiger partial charge in [0.05, 0.1) is 31.2 Å². The summed E-state index contributed by atoms with van der Waals surface area (Å²) in [5.41, 5.74) is 0.514. The Hall–Kier alpha value is -2.41. The van der Waals surface area contributed by atoms with Crippen molar-refractivity contribution in [3.05, 3.63) is 24.3 Å². The number of methoxy groups -OCH3 is 1. The summed E-state index contributed by atoms with van der Waals surface area (Å²) in [5.74, 6) is -1.21. The fraction of sp³-hybridized carbons (Fsp3) is 0.471. The van der Waals surface area contributed by atoms with Gasteiger partial charge in [0.2, 0.25) is 5.91 Å². The van der Waals surface area contributed by atoms with E-state index in [4.69, 9.17) is 4.74 Å². The number of carbonyl (C=O) groups is 3. The summed E-state index contributed by atoms with van der Waals surface area (Å²) < 4.78 is 5.08. The Balaban J connectivity index is 1.77. The van der Waals surface area contributed by atoms with Gasteiger partial charge in [-0.25, -0.2) is 4.90 Å². The first kappa shape index (κ1) is 16.4. The molecular weight excluding hydrogens is 312 g/mol. The van der Waals surface area contributed by atoms with E-state index in [1.165, 1.54) is 4.90 Å². The van der Waals surface area contributed by atoms with Crippen LogP contribution in [0.25, 0.3) is 0 Å². The summed E-state index contributed by atoms with van der Waals surface area (Å²) in [6.45, 7) is 0.958. The molecule has 0 radical (unpaired) electrons. The van der Waals surface area contributed by atoms with Gasteiger partial charge in [-0.2, -0.15) is 0 Å². The van der Waals surface area contributed by atoms with Gasteiger partial charge in [0, 0.05) is 6.54 Å². The van der Waals surface area contributed by atoms with Crippen LogP contribution in [-0.2, 0) is 14.4 Å². The molecule has 128 valence electrons. The van der Waals surface area contributed by atoms with Crippen LogP contribution in [-0.4, -0.2) is 54.0 Å². The zero-order valence-corrected chi connectivity index (χ0v) is 13.5. The van der Waals surface area contributed by atoms with E-state index in [1.807, 2.05) is 4.90 Å². The minimum absolute atomic E-state index is 0.0944. The lowest BCUT2D eigenvalue weighted by Gasteiger charge is -2.33. The van der Waals surface area contributed by atoms with Crippen molar-refractivity contribution in [2.24, 2.45) is 5.92 Å². The lowest BCUT2D eigenvalue weighted by Crippen LogP contribution is -2.48. The molecule has 1 N–H and O–H groups in total. The van der Waals surface area contributed by atoms with Gasteiger partial charge in [-0.1, -0.05) is 0 Å². The highest BCUT2D eigenvalue weighted by atomic mass is 16.5. The Morgan fingerprint density at radius 3 is 2.58 bits per heavy atom. The molecule has 2 atom stereocenters. The third-order valence-corrected chi connectivity index (χ3v) is 4.70. The molecule has 7 heteroatoms. The van der Waals surface area contributed by atoms with Crippen molar-refractivity contribution in [1.29, 1.82) is 0 Å². The second-order valence-electron chi connectivity index (χ2n) is 6.16. The molecule has 0 aromatic heterocycles. The summed E-state index contributed by atoms with van der Waals surface area (Å²) in [4.78, 5) is 39.3. The molecule has 0 spiro atoms. The number of likely N-dealkylation sites (tertiary alicyclic amines) is 1. The molecule has 2 saturated heterocycles. The van der Waals surface area contributed by atoms with Gasteiger partial charge in [0.1, 0.15) is 5.75 Å². The van der Waals surface area contributed by atoms with Crippen molar-refractivity contribution in [2.45, 2.75) is 25.3 Å². The van der Waals surface area contributed by atoms with E-state index in [9.17, 15) is 19.5 Å². The molecule has 2 heterocycles. The standard InChI is InChI=1S/C17H20N2O5/c1-24-13-6-4-12(5-7-13)19-15(20)9-14(16(19)21)18-8-2-3-11(10-18)17(22)23/h4-7,11,14H,2-3,8-10H2,1H3,(H,22,23). The van der Waals surface area contributed by atoms with Gasteiger partial charge in [-0.3, -0.25) is 19.3 Å². The van der Waals surface area contributed by atoms with Gasteiger partial charge in [-0.05, 0) is 43.7 Å². The SMILES string of the molecule is COc1ccc(N2C(=O)CC(N3CCCC(C(=O)O)C3)C2=O)cc1. The fourth-order valence-corrected chi connectivity index (χ4v) is 3.39. The van der Waals surface area contributed by atoms with E-state index >= 15 is 0 Å². The topological polar surface area (TPSA) is 87.2 Å². The maximum Gasteiger partial charge on any atom is 0.307 e.